The fraction of sp³-hybridized carbons (Fsp3) is 0.364. The summed E-state index contributed by atoms with van der Waals surface area (Å²) < 4.78 is 28.7. The van der Waals surface area contributed by atoms with E-state index < -0.39 is 10.0 Å². The van der Waals surface area contributed by atoms with Gasteiger partial charge in [-0.25, -0.2) is 18.1 Å². The van der Waals surface area contributed by atoms with Crippen LogP contribution in [0.2, 0.25) is 0 Å². The summed E-state index contributed by atoms with van der Waals surface area (Å²) in [5, 5.41) is 0. The molecule has 3 N–H and O–H groups in total. The minimum absolute atomic E-state index is 0.166. The van der Waals surface area contributed by atoms with Gasteiger partial charge in [0.1, 0.15) is 5.82 Å². The van der Waals surface area contributed by atoms with E-state index in [0.717, 1.165) is 9.75 Å². The maximum atomic E-state index is 12.2. The average molecular weight is 300 g/mol. The minimum atomic E-state index is -3.52. The highest BCUT2D eigenvalue weighted by Gasteiger charge is 2.19. The molecule has 19 heavy (non-hydrogen) atoms. The van der Waals surface area contributed by atoms with E-state index in [1.165, 1.54) is 11.3 Å². The second kappa shape index (κ2) is 5.41. The van der Waals surface area contributed by atoms with Crippen molar-refractivity contribution in [3.63, 3.8) is 0 Å². The van der Waals surface area contributed by atoms with Crippen LogP contribution in [0.1, 0.15) is 15.6 Å². The summed E-state index contributed by atoms with van der Waals surface area (Å²) in [6.45, 7) is 2.29. The summed E-state index contributed by atoms with van der Waals surface area (Å²) in [6.07, 6.45) is 3.40. The molecule has 0 atom stereocenters. The predicted octanol–water partition coefficient (Wildman–Crippen LogP) is 0.727. The van der Waals surface area contributed by atoms with Crippen LogP contribution in [0.4, 0.5) is 0 Å². The Hall–Kier alpha value is -1.22. The maximum absolute atomic E-state index is 12.2. The largest absolute Gasteiger partial charge is 0.337 e. The van der Waals surface area contributed by atoms with Crippen molar-refractivity contribution in [2.75, 3.05) is 0 Å². The topological polar surface area (TPSA) is 90.0 Å². The van der Waals surface area contributed by atoms with Gasteiger partial charge in [-0.1, -0.05) is 0 Å². The van der Waals surface area contributed by atoms with Crippen molar-refractivity contribution in [2.24, 2.45) is 12.8 Å². The van der Waals surface area contributed by atoms with Gasteiger partial charge in [-0.3, -0.25) is 0 Å². The Labute approximate surface area is 116 Å². The first kappa shape index (κ1) is 14.2. The van der Waals surface area contributed by atoms with Crippen molar-refractivity contribution in [3.05, 3.63) is 34.0 Å². The van der Waals surface area contributed by atoms with Crippen LogP contribution in [0.15, 0.2) is 23.4 Å². The summed E-state index contributed by atoms with van der Waals surface area (Å²) in [6, 6.07) is 1.63. The first-order valence-corrected chi connectivity index (χ1v) is 7.99. The van der Waals surface area contributed by atoms with Crippen molar-refractivity contribution >= 4 is 21.4 Å². The van der Waals surface area contributed by atoms with Gasteiger partial charge in [0, 0.05) is 35.7 Å². The molecule has 0 fully saturated rings. The molecule has 0 radical (unpaired) electrons. The number of aryl methyl sites for hydroxylation is 2. The Kier molecular flexibility index (Phi) is 4.04. The van der Waals surface area contributed by atoms with Crippen LogP contribution in [0.5, 0.6) is 0 Å². The van der Waals surface area contributed by atoms with Gasteiger partial charge < -0.3 is 10.3 Å². The summed E-state index contributed by atoms with van der Waals surface area (Å²) in [5.74, 6) is 0.663. The molecule has 0 aromatic carbocycles. The van der Waals surface area contributed by atoms with Gasteiger partial charge >= 0.3 is 0 Å². The smallest absolute Gasteiger partial charge is 0.242 e. The number of thiophene rings is 1. The second-order valence-corrected chi connectivity index (χ2v) is 7.19. The number of imidazole rings is 1. The first-order valence-electron chi connectivity index (χ1n) is 5.69. The Morgan fingerprint density at radius 1 is 1.53 bits per heavy atom. The van der Waals surface area contributed by atoms with Crippen LogP contribution < -0.4 is 10.5 Å². The molecule has 8 heteroatoms. The first-order chi connectivity index (χ1) is 8.94. The van der Waals surface area contributed by atoms with Gasteiger partial charge in [-0.05, 0) is 13.0 Å². The molecule has 104 valence electrons. The molecule has 0 aliphatic carbocycles. The van der Waals surface area contributed by atoms with E-state index in [1.807, 2.05) is 7.05 Å². The Morgan fingerprint density at radius 2 is 2.26 bits per heavy atom. The lowest BCUT2D eigenvalue weighted by molar-refractivity contribution is 0.577. The van der Waals surface area contributed by atoms with Crippen molar-refractivity contribution in [3.8, 4) is 0 Å². The fourth-order valence-electron chi connectivity index (χ4n) is 1.70. The van der Waals surface area contributed by atoms with Crippen molar-refractivity contribution < 1.29 is 8.42 Å². The third-order valence-electron chi connectivity index (χ3n) is 2.76. The van der Waals surface area contributed by atoms with E-state index >= 15 is 0 Å². The Balaban J connectivity index is 2.18. The van der Waals surface area contributed by atoms with Crippen LogP contribution in [-0.4, -0.2) is 18.0 Å². The molecule has 0 amide bonds. The predicted molar refractivity (Wildman–Crippen MR) is 74.2 cm³/mol. The Morgan fingerprint density at radius 3 is 2.79 bits per heavy atom. The van der Waals surface area contributed by atoms with Gasteiger partial charge in [-0.15, -0.1) is 11.3 Å². The molecule has 2 aromatic rings. The highest BCUT2D eigenvalue weighted by Crippen LogP contribution is 2.25. The lowest BCUT2D eigenvalue weighted by Crippen LogP contribution is -2.24. The third kappa shape index (κ3) is 3.03. The minimum Gasteiger partial charge on any atom is -0.337 e. The van der Waals surface area contributed by atoms with Gasteiger partial charge in [-0.2, -0.15) is 0 Å². The van der Waals surface area contributed by atoms with Crippen molar-refractivity contribution in [1.29, 1.82) is 0 Å². The third-order valence-corrected chi connectivity index (χ3v) is 5.48. The molecule has 2 aromatic heterocycles. The van der Waals surface area contributed by atoms with Crippen LogP contribution in [0.25, 0.3) is 0 Å². The number of rotatable bonds is 5. The molecule has 0 spiro atoms. The molecule has 0 saturated heterocycles. The number of nitrogens with two attached hydrogens (primary N) is 1. The van der Waals surface area contributed by atoms with Crippen LogP contribution >= 0.6 is 11.3 Å². The molecular formula is C11H16N4O2S2. The SMILES string of the molecule is Cc1sc(CN)cc1S(=O)(=O)NCc1nccn1C. The summed E-state index contributed by atoms with van der Waals surface area (Å²) in [4.78, 5) is 5.97. The molecular weight excluding hydrogens is 284 g/mol. The monoisotopic (exact) mass is 300 g/mol. The number of sulfonamides is 1. The lowest BCUT2D eigenvalue weighted by atomic mass is 10.4. The zero-order valence-electron chi connectivity index (χ0n) is 10.8. The van der Waals surface area contributed by atoms with Gasteiger partial charge in [0.25, 0.3) is 0 Å². The van der Waals surface area contributed by atoms with E-state index in [1.54, 1.807) is 30.0 Å². The molecule has 0 bridgehead atoms. The lowest BCUT2D eigenvalue weighted by Gasteiger charge is -2.06. The van der Waals surface area contributed by atoms with Crippen LogP contribution in [0, 0.1) is 6.92 Å². The normalized spacial score (nSPS) is 11.9. The standard InChI is InChI=1S/C11H16N4O2S2/c1-8-10(5-9(6-12)18-8)19(16,17)14-7-11-13-3-4-15(11)2/h3-5,14H,6-7,12H2,1-2H3. The molecule has 0 aliphatic rings. The molecule has 6 nitrogen and oxygen atoms in total. The van der Waals surface area contributed by atoms with Crippen molar-refractivity contribution in [2.45, 2.75) is 24.9 Å². The maximum Gasteiger partial charge on any atom is 0.242 e. The van der Waals surface area contributed by atoms with E-state index in [9.17, 15) is 8.42 Å². The average Bonchev–Trinajstić information content (AvgIpc) is 2.93. The number of nitrogens with zero attached hydrogens (tertiary/aromatic N) is 2. The highest BCUT2D eigenvalue weighted by molar-refractivity contribution is 7.89. The Bertz CT molecular complexity index is 673. The summed E-state index contributed by atoms with van der Waals surface area (Å²) in [5.41, 5.74) is 5.53. The summed E-state index contributed by atoms with van der Waals surface area (Å²) >= 11 is 1.40. The fourth-order valence-corrected chi connectivity index (χ4v) is 4.19. The van der Waals surface area contributed by atoms with Crippen LogP contribution in [0.3, 0.4) is 0 Å². The number of nitrogens with one attached hydrogen (secondary N) is 1. The summed E-state index contributed by atoms with van der Waals surface area (Å²) in [7, 11) is -1.70. The molecule has 2 rings (SSSR count). The van der Waals surface area contributed by atoms with E-state index in [0.29, 0.717) is 17.3 Å². The second-order valence-electron chi connectivity index (χ2n) is 4.12. The molecule has 0 unspecified atom stereocenters. The van der Waals surface area contributed by atoms with E-state index in [4.69, 9.17) is 5.73 Å². The molecule has 0 saturated carbocycles. The van der Waals surface area contributed by atoms with Crippen LogP contribution in [-0.2, 0) is 30.2 Å². The number of hydrogen-bond acceptors (Lipinski definition) is 5. The molecule has 2 heterocycles. The zero-order valence-corrected chi connectivity index (χ0v) is 12.4. The van der Waals surface area contributed by atoms with Crippen molar-refractivity contribution in [1.82, 2.24) is 14.3 Å². The zero-order chi connectivity index (χ0) is 14.0. The number of aromatic nitrogens is 2. The van der Waals surface area contributed by atoms with Gasteiger partial charge in [0.2, 0.25) is 10.0 Å². The highest BCUT2D eigenvalue weighted by atomic mass is 32.2. The van der Waals surface area contributed by atoms with E-state index in [-0.39, 0.29) is 6.54 Å². The van der Waals surface area contributed by atoms with Gasteiger partial charge in [0.05, 0.1) is 11.4 Å². The molecule has 0 aliphatic heterocycles. The van der Waals surface area contributed by atoms with E-state index in [2.05, 4.69) is 9.71 Å². The van der Waals surface area contributed by atoms with Gasteiger partial charge in [0.15, 0.2) is 0 Å². The number of hydrogen-bond donors (Lipinski definition) is 2. The quantitative estimate of drug-likeness (QED) is 0.851.